The molecule has 0 unspecified atom stereocenters. The van der Waals surface area contributed by atoms with Gasteiger partial charge in [0.15, 0.2) is 6.61 Å². The van der Waals surface area contributed by atoms with Crippen molar-refractivity contribution >= 4 is 23.3 Å². The first-order chi connectivity index (χ1) is 14.4. The molecule has 2 aromatic rings. The number of nitrogens with zero attached hydrogens (tertiary/aromatic N) is 1. The lowest BCUT2D eigenvalue weighted by Crippen LogP contribution is -2.28. The fourth-order valence-corrected chi connectivity index (χ4v) is 2.46. The van der Waals surface area contributed by atoms with Crippen LogP contribution in [-0.2, 0) is 20.8 Å². The van der Waals surface area contributed by atoms with Crippen molar-refractivity contribution in [2.45, 2.75) is 6.54 Å². The van der Waals surface area contributed by atoms with Crippen molar-refractivity contribution in [3.8, 4) is 5.75 Å². The topological polar surface area (TPSA) is 129 Å². The second-order valence-electron chi connectivity index (χ2n) is 6.11. The fraction of sp³-hybridized carbons (Fsp3) is 0.300. The molecule has 0 aliphatic heterocycles. The van der Waals surface area contributed by atoms with Gasteiger partial charge < -0.3 is 24.8 Å². The van der Waals surface area contributed by atoms with Crippen LogP contribution in [-0.4, -0.2) is 50.8 Å². The maximum absolute atomic E-state index is 12.4. The molecule has 0 aliphatic rings. The van der Waals surface area contributed by atoms with E-state index in [1.54, 1.807) is 31.4 Å². The van der Waals surface area contributed by atoms with E-state index < -0.39 is 23.4 Å². The normalized spacial score (nSPS) is 10.2. The summed E-state index contributed by atoms with van der Waals surface area (Å²) in [6.07, 6.45) is 0. The molecule has 160 valence electrons. The van der Waals surface area contributed by atoms with Gasteiger partial charge in [0, 0.05) is 38.0 Å². The number of benzene rings is 2. The number of nitro benzene ring substituents is 1. The van der Waals surface area contributed by atoms with Gasteiger partial charge in [-0.3, -0.25) is 14.9 Å². The third kappa shape index (κ3) is 6.74. The van der Waals surface area contributed by atoms with Crippen LogP contribution in [0, 0.1) is 10.1 Å². The Balaban J connectivity index is 1.95. The van der Waals surface area contributed by atoms with Gasteiger partial charge in [0.1, 0.15) is 5.75 Å². The Morgan fingerprint density at radius 1 is 1.10 bits per heavy atom. The van der Waals surface area contributed by atoms with Crippen LogP contribution >= 0.6 is 0 Å². The highest BCUT2D eigenvalue weighted by atomic mass is 16.6. The van der Waals surface area contributed by atoms with Gasteiger partial charge >= 0.3 is 5.97 Å². The minimum atomic E-state index is -0.849. The molecule has 30 heavy (non-hydrogen) atoms. The number of hydrogen-bond acceptors (Lipinski definition) is 8. The third-order valence-corrected chi connectivity index (χ3v) is 4.04. The molecule has 0 saturated carbocycles. The smallest absolute Gasteiger partial charge is 0.341 e. The monoisotopic (exact) mass is 417 g/mol. The fourth-order valence-electron chi connectivity index (χ4n) is 2.46. The average Bonchev–Trinajstić information content (AvgIpc) is 2.76. The van der Waals surface area contributed by atoms with E-state index in [1.807, 2.05) is 0 Å². The molecule has 0 aliphatic carbocycles. The standard InChI is InChI=1S/C20H23N3O7/c1-28-10-9-21-18-8-5-15(23(26)27)11-17(18)20(25)30-13-19(24)22-12-14-3-6-16(29-2)7-4-14/h3-8,11,21H,9-10,12-13H2,1-2H3,(H,22,24). The van der Waals surface area contributed by atoms with Crippen LogP contribution < -0.4 is 15.4 Å². The molecule has 2 N–H and O–H groups in total. The van der Waals surface area contributed by atoms with Crippen LogP contribution in [0.15, 0.2) is 42.5 Å². The summed E-state index contributed by atoms with van der Waals surface area (Å²) < 4.78 is 15.0. The van der Waals surface area contributed by atoms with Crippen molar-refractivity contribution < 1.29 is 28.7 Å². The zero-order chi connectivity index (χ0) is 21.9. The summed E-state index contributed by atoms with van der Waals surface area (Å²) in [5, 5.41) is 16.6. The first-order valence-corrected chi connectivity index (χ1v) is 9.02. The predicted octanol–water partition coefficient (Wildman–Crippen LogP) is 2.13. The van der Waals surface area contributed by atoms with Gasteiger partial charge in [-0.2, -0.15) is 0 Å². The van der Waals surface area contributed by atoms with E-state index in [2.05, 4.69) is 10.6 Å². The summed E-state index contributed by atoms with van der Waals surface area (Å²) >= 11 is 0. The van der Waals surface area contributed by atoms with Crippen molar-refractivity contribution in [2.24, 2.45) is 0 Å². The number of non-ortho nitro benzene ring substituents is 1. The lowest BCUT2D eigenvalue weighted by Gasteiger charge is -2.12. The Labute approximate surface area is 173 Å². The number of amides is 1. The van der Waals surface area contributed by atoms with E-state index in [-0.39, 0.29) is 17.8 Å². The Hall–Kier alpha value is -3.66. The van der Waals surface area contributed by atoms with Crippen LogP contribution in [0.4, 0.5) is 11.4 Å². The maximum atomic E-state index is 12.4. The van der Waals surface area contributed by atoms with Crippen LogP contribution in [0.3, 0.4) is 0 Å². The highest BCUT2D eigenvalue weighted by molar-refractivity contribution is 5.97. The number of ether oxygens (including phenoxy) is 3. The lowest BCUT2D eigenvalue weighted by atomic mass is 10.1. The van der Waals surface area contributed by atoms with E-state index in [1.165, 1.54) is 19.2 Å². The van der Waals surface area contributed by atoms with Gasteiger partial charge in [-0.15, -0.1) is 0 Å². The maximum Gasteiger partial charge on any atom is 0.341 e. The number of hydrogen-bond donors (Lipinski definition) is 2. The second kappa shape index (κ2) is 11.4. The summed E-state index contributed by atoms with van der Waals surface area (Å²) in [4.78, 5) is 34.8. The molecular formula is C20H23N3O7. The van der Waals surface area contributed by atoms with E-state index in [9.17, 15) is 19.7 Å². The number of esters is 1. The zero-order valence-corrected chi connectivity index (χ0v) is 16.7. The minimum Gasteiger partial charge on any atom is -0.497 e. The highest BCUT2D eigenvalue weighted by Gasteiger charge is 2.19. The molecule has 2 aromatic carbocycles. The van der Waals surface area contributed by atoms with Crippen LogP contribution in [0.5, 0.6) is 5.75 Å². The lowest BCUT2D eigenvalue weighted by molar-refractivity contribution is -0.384. The Morgan fingerprint density at radius 2 is 1.83 bits per heavy atom. The van der Waals surface area contributed by atoms with Crippen molar-refractivity contribution in [1.82, 2.24) is 5.32 Å². The number of carbonyl (C=O) groups is 2. The van der Waals surface area contributed by atoms with E-state index in [4.69, 9.17) is 14.2 Å². The van der Waals surface area contributed by atoms with Gasteiger partial charge in [0.2, 0.25) is 0 Å². The first-order valence-electron chi connectivity index (χ1n) is 9.02. The summed E-state index contributed by atoms with van der Waals surface area (Å²) in [6.45, 7) is 0.492. The largest absolute Gasteiger partial charge is 0.497 e. The number of anilines is 1. The molecule has 0 spiro atoms. The summed E-state index contributed by atoms with van der Waals surface area (Å²) in [5.74, 6) is -0.650. The van der Waals surface area contributed by atoms with Crippen molar-refractivity contribution in [3.05, 3.63) is 63.7 Å². The minimum absolute atomic E-state index is 0.0387. The van der Waals surface area contributed by atoms with Crippen molar-refractivity contribution in [2.75, 3.05) is 39.3 Å². The van der Waals surface area contributed by atoms with E-state index in [0.29, 0.717) is 24.6 Å². The Morgan fingerprint density at radius 3 is 2.47 bits per heavy atom. The third-order valence-electron chi connectivity index (χ3n) is 4.04. The second-order valence-corrected chi connectivity index (χ2v) is 6.11. The average molecular weight is 417 g/mol. The van der Waals surface area contributed by atoms with Gasteiger partial charge in [0.25, 0.3) is 11.6 Å². The van der Waals surface area contributed by atoms with Crippen LogP contribution in [0.2, 0.25) is 0 Å². The molecule has 0 heterocycles. The highest BCUT2D eigenvalue weighted by Crippen LogP contribution is 2.23. The summed E-state index contributed by atoms with van der Waals surface area (Å²) in [6, 6.07) is 10.9. The molecule has 0 radical (unpaired) electrons. The molecule has 0 aromatic heterocycles. The molecule has 0 saturated heterocycles. The van der Waals surface area contributed by atoms with E-state index >= 15 is 0 Å². The molecule has 2 rings (SSSR count). The number of nitro groups is 1. The Kier molecular flexibility index (Phi) is 8.57. The quantitative estimate of drug-likeness (QED) is 0.246. The molecule has 0 bridgehead atoms. The van der Waals surface area contributed by atoms with Crippen molar-refractivity contribution in [3.63, 3.8) is 0 Å². The van der Waals surface area contributed by atoms with Gasteiger partial charge in [-0.1, -0.05) is 12.1 Å². The van der Waals surface area contributed by atoms with Crippen LogP contribution in [0.25, 0.3) is 0 Å². The Bertz CT molecular complexity index is 884. The molecule has 0 fully saturated rings. The number of nitrogens with one attached hydrogen (secondary N) is 2. The molecular weight excluding hydrogens is 394 g/mol. The predicted molar refractivity (Wildman–Crippen MR) is 109 cm³/mol. The van der Waals surface area contributed by atoms with E-state index in [0.717, 1.165) is 11.6 Å². The molecule has 1 amide bonds. The summed E-state index contributed by atoms with van der Waals surface area (Å²) in [7, 11) is 3.09. The molecule has 10 heteroatoms. The first kappa shape index (κ1) is 22.6. The van der Waals surface area contributed by atoms with Crippen LogP contribution in [0.1, 0.15) is 15.9 Å². The molecule has 0 atom stereocenters. The van der Waals surface area contributed by atoms with Gasteiger partial charge in [-0.25, -0.2) is 4.79 Å². The number of methoxy groups -OCH3 is 2. The van der Waals surface area contributed by atoms with Gasteiger partial charge in [-0.05, 0) is 23.8 Å². The zero-order valence-electron chi connectivity index (χ0n) is 16.7. The molecule has 10 nitrogen and oxygen atoms in total. The van der Waals surface area contributed by atoms with Gasteiger partial charge in [0.05, 0.1) is 24.2 Å². The SMILES string of the molecule is COCCNc1ccc([N+](=O)[O-])cc1C(=O)OCC(=O)NCc1ccc(OC)cc1. The number of carbonyl (C=O) groups excluding carboxylic acids is 2. The number of rotatable bonds is 11. The van der Waals surface area contributed by atoms with Crippen molar-refractivity contribution in [1.29, 1.82) is 0 Å². The summed E-state index contributed by atoms with van der Waals surface area (Å²) in [5.41, 5.74) is 0.895.